The minimum atomic E-state index is -0.238. The Balaban J connectivity index is 1.36. The van der Waals surface area contributed by atoms with Crippen LogP contribution >= 0.6 is 0 Å². The van der Waals surface area contributed by atoms with Crippen molar-refractivity contribution in [2.75, 3.05) is 18.4 Å². The number of hydrogen-bond acceptors (Lipinski definition) is 4. The molecule has 1 atom stereocenters. The molecule has 2 aromatic rings. The van der Waals surface area contributed by atoms with Crippen molar-refractivity contribution in [2.45, 2.75) is 44.2 Å². The van der Waals surface area contributed by atoms with Gasteiger partial charge in [0, 0.05) is 30.7 Å². The fourth-order valence-electron chi connectivity index (χ4n) is 3.90. The van der Waals surface area contributed by atoms with Crippen LogP contribution in [0.5, 0.6) is 0 Å². The molecule has 0 radical (unpaired) electrons. The average molecular weight is 326 g/mol. The number of halogens is 1. The van der Waals surface area contributed by atoms with Crippen LogP contribution in [-0.2, 0) is 0 Å². The van der Waals surface area contributed by atoms with E-state index in [1.54, 1.807) is 12.1 Å². The third-order valence-corrected chi connectivity index (χ3v) is 5.22. The number of nitrogens with zero attached hydrogens (tertiary/aromatic N) is 3. The van der Waals surface area contributed by atoms with Crippen LogP contribution in [-0.4, -0.2) is 40.3 Å². The number of rotatable bonds is 4. The molecule has 0 bridgehead atoms. The van der Waals surface area contributed by atoms with E-state index in [0.29, 0.717) is 6.04 Å². The predicted molar refractivity (Wildman–Crippen MR) is 93.3 cm³/mol. The molecule has 1 unspecified atom stereocenters. The number of anilines is 1. The summed E-state index contributed by atoms with van der Waals surface area (Å²) in [5.74, 6) is 0.581. The summed E-state index contributed by atoms with van der Waals surface area (Å²) in [5.41, 5.74) is 1.64. The molecule has 1 aliphatic carbocycles. The number of aromatic nitrogens is 2. The number of benzene rings is 1. The van der Waals surface area contributed by atoms with Crippen LogP contribution in [0.1, 0.15) is 32.1 Å². The number of hydrogen-bond donors (Lipinski definition) is 1. The van der Waals surface area contributed by atoms with Crippen molar-refractivity contribution in [3.05, 3.63) is 42.2 Å². The molecule has 126 valence electrons. The van der Waals surface area contributed by atoms with Crippen LogP contribution < -0.4 is 5.32 Å². The quantitative estimate of drug-likeness (QED) is 0.930. The molecular formula is C19H23FN4. The molecule has 0 amide bonds. The molecule has 4 rings (SSSR count). The van der Waals surface area contributed by atoms with Gasteiger partial charge in [-0.25, -0.2) is 4.39 Å². The van der Waals surface area contributed by atoms with Gasteiger partial charge in [-0.15, -0.1) is 10.2 Å². The highest BCUT2D eigenvalue weighted by molar-refractivity contribution is 5.59. The molecule has 2 aliphatic rings. The van der Waals surface area contributed by atoms with Crippen molar-refractivity contribution >= 4 is 5.82 Å². The van der Waals surface area contributed by atoms with Gasteiger partial charge in [-0.05, 0) is 55.7 Å². The lowest BCUT2D eigenvalue weighted by Crippen LogP contribution is -2.33. The molecule has 0 spiro atoms. The molecular weight excluding hydrogens is 303 g/mol. The van der Waals surface area contributed by atoms with Gasteiger partial charge < -0.3 is 5.32 Å². The second-order valence-electron chi connectivity index (χ2n) is 6.87. The van der Waals surface area contributed by atoms with E-state index >= 15 is 0 Å². The summed E-state index contributed by atoms with van der Waals surface area (Å²) in [6.07, 6.45) is 6.65. The van der Waals surface area contributed by atoms with E-state index < -0.39 is 0 Å². The Kier molecular flexibility index (Phi) is 4.43. The predicted octanol–water partition coefficient (Wildman–Crippen LogP) is 3.71. The molecule has 5 heteroatoms. The number of nitrogens with one attached hydrogen (secondary N) is 1. The van der Waals surface area contributed by atoms with E-state index in [-0.39, 0.29) is 5.82 Å². The summed E-state index contributed by atoms with van der Waals surface area (Å²) in [4.78, 5) is 2.63. The maximum absolute atomic E-state index is 13.0. The average Bonchev–Trinajstić information content (AvgIpc) is 3.28. The Bertz CT molecular complexity index is 665. The van der Waals surface area contributed by atoms with Gasteiger partial charge in [-0.2, -0.15) is 0 Å². The summed E-state index contributed by atoms with van der Waals surface area (Å²) >= 11 is 0. The second kappa shape index (κ2) is 6.85. The zero-order chi connectivity index (χ0) is 16.4. The Morgan fingerprint density at radius 3 is 2.46 bits per heavy atom. The van der Waals surface area contributed by atoms with Crippen LogP contribution in [0.15, 0.2) is 36.4 Å². The molecule has 2 fully saturated rings. The highest BCUT2D eigenvalue weighted by Crippen LogP contribution is 2.27. The van der Waals surface area contributed by atoms with Gasteiger partial charge >= 0.3 is 0 Å². The van der Waals surface area contributed by atoms with Crippen LogP contribution in [0.2, 0.25) is 0 Å². The van der Waals surface area contributed by atoms with Gasteiger partial charge in [0.05, 0.1) is 5.69 Å². The van der Waals surface area contributed by atoms with Gasteiger partial charge in [0.15, 0.2) is 0 Å². The summed E-state index contributed by atoms with van der Waals surface area (Å²) in [7, 11) is 0. The molecule has 1 saturated carbocycles. The van der Waals surface area contributed by atoms with Crippen LogP contribution in [0.4, 0.5) is 10.2 Å². The maximum Gasteiger partial charge on any atom is 0.148 e. The molecule has 1 N–H and O–H groups in total. The van der Waals surface area contributed by atoms with Gasteiger partial charge in [0.2, 0.25) is 0 Å². The van der Waals surface area contributed by atoms with E-state index in [2.05, 4.69) is 20.4 Å². The first-order valence-electron chi connectivity index (χ1n) is 8.88. The maximum atomic E-state index is 13.0. The zero-order valence-electron chi connectivity index (χ0n) is 13.8. The smallest absolute Gasteiger partial charge is 0.148 e. The zero-order valence-corrected chi connectivity index (χ0v) is 13.8. The molecule has 1 saturated heterocycles. The summed E-state index contributed by atoms with van der Waals surface area (Å²) in [5, 5.41) is 12.1. The lowest BCUT2D eigenvalue weighted by molar-refractivity contribution is 0.245. The molecule has 4 nitrogen and oxygen atoms in total. The molecule has 24 heavy (non-hydrogen) atoms. The van der Waals surface area contributed by atoms with Crippen molar-refractivity contribution in [2.24, 2.45) is 0 Å². The van der Waals surface area contributed by atoms with Crippen molar-refractivity contribution in [1.82, 2.24) is 15.1 Å². The first kappa shape index (κ1) is 15.5. The Morgan fingerprint density at radius 1 is 0.958 bits per heavy atom. The normalized spacial score (nSPS) is 22.1. The molecule has 1 aromatic carbocycles. The summed E-state index contributed by atoms with van der Waals surface area (Å²) in [6.45, 7) is 2.29. The van der Waals surface area contributed by atoms with E-state index in [9.17, 15) is 4.39 Å². The third kappa shape index (κ3) is 3.41. The number of likely N-dealkylation sites (tertiary alicyclic amines) is 1. The first-order chi connectivity index (χ1) is 11.8. The molecule has 2 heterocycles. The first-order valence-corrected chi connectivity index (χ1v) is 8.88. The van der Waals surface area contributed by atoms with Crippen molar-refractivity contribution in [3.63, 3.8) is 0 Å². The topological polar surface area (TPSA) is 41.0 Å². The van der Waals surface area contributed by atoms with Crippen LogP contribution in [0, 0.1) is 5.82 Å². The minimum absolute atomic E-state index is 0.238. The van der Waals surface area contributed by atoms with Crippen molar-refractivity contribution in [1.29, 1.82) is 0 Å². The van der Waals surface area contributed by atoms with Gasteiger partial charge in [-0.1, -0.05) is 12.8 Å². The lowest BCUT2D eigenvalue weighted by Gasteiger charge is -2.23. The van der Waals surface area contributed by atoms with Crippen molar-refractivity contribution < 1.29 is 4.39 Å². The Labute approximate surface area is 142 Å². The standard InChI is InChI=1S/C19H23FN4/c20-15-7-5-14(6-8-15)18-9-10-19(23-22-18)21-16-11-12-24(13-16)17-3-1-2-4-17/h5-10,16-17H,1-4,11-13H2,(H,21,23). The fourth-order valence-corrected chi connectivity index (χ4v) is 3.90. The largest absolute Gasteiger partial charge is 0.365 e. The molecule has 1 aliphatic heterocycles. The highest BCUT2D eigenvalue weighted by atomic mass is 19.1. The van der Waals surface area contributed by atoms with E-state index in [1.807, 2.05) is 12.1 Å². The Morgan fingerprint density at radius 2 is 1.75 bits per heavy atom. The van der Waals surface area contributed by atoms with E-state index in [0.717, 1.165) is 36.1 Å². The summed E-state index contributed by atoms with van der Waals surface area (Å²) < 4.78 is 13.0. The fraction of sp³-hybridized carbons (Fsp3) is 0.474. The van der Waals surface area contributed by atoms with E-state index in [4.69, 9.17) is 0 Å². The Hall–Kier alpha value is -2.01. The third-order valence-electron chi connectivity index (χ3n) is 5.22. The van der Waals surface area contributed by atoms with Crippen LogP contribution in [0.25, 0.3) is 11.3 Å². The van der Waals surface area contributed by atoms with Gasteiger partial charge in [-0.3, -0.25) is 4.90 Å². The monoisotopic (exact) mass is 326 g/mol. The SMILES string of the molecule is Fc1ccc(-c2ccc(NC3CCN(C4CCCC4)C3)nn2)cc1. The minimum Gasteiger partial charge on any atom is -0.365 e. The summed E-state index contributed by atoms with van der Waals surface area (Å²) in [6, 6.07) is 11.5. The molecule has 1 aromatic heterocycles. The van der Waals surface area contributed by atoms with E-state index in [1.165, 1.54) is 44.4 Å². The highest BCUT2D eigenvalue weighted by Gasteiger charge is 2.29. The second-order valence-corrected chi connectivity index (χ2v) is 6.87. The lowest BCUT2D eigenvalue weighted by atomic mass is 10.1. The van der Waals surface area contributed by atoms with Crippen LogP contribution in [0.3, 0.4) is 0 Å². The van der Waals surface area contributed by atoms with Crippen molar-refractivity contribution in [3.8, 4) is 11.3 Å². The van der Waals surface area contributed by atoms with Gasteiger partial charge in [0.25, 0.3) is 0 Å². The van der Waals surface area contributed by atoms with Gasteiger partial charge in [0.1, 0.15) is 11.6 Å².